The van der Waals surface area contributed by atoms with Gasteiger partial charge in [-0.2, -0.15) is 0 Å². The Kier molecular flexibility index (Phi) is 4.74. The fourth-order valence-electron chi connectivity index (χ4n) is 1.90. The van der Waals surface area contributed by atoms with Crippen LogP contribution in [0.2, 0.25) is 0 Å². The largest absolute Gasteiger partial charge is 0.495 e. The summed E-state index contributed by atoms with van der Waals surface area (Å²) in [6, 6.07) is 14.8. The van der Waals surface area contributed by atoms with E-state index in [1.54, 1.807) is 18.9 Å². The molecular formula is C16H19NOS. The van der Waals surface area contributed by atoms with Crippen LogP contribution in [0, 0.1) is 6.92 Å². The summed E-state index contributed by atoms with van der Waals surface area (Å²) in [6.45, 7) is 2.88. The van der Waals surface area contributed by atoms with Gasteiger partial charge in [0.2, 0.25) is 0 Å². The van der Waals surface area contributed by atoms with Gasteiger partial charge in [-0.3, -0.25) is 0 Å². The van der Waals surface area contributed by atoms with Gasteiger partial charge in [0.25, 0.3) is 0 Å². The van der Waals surface area contributed by atoms with Crippen molar-refractivity contribution >= 4 is 17.4 Å². The molecule has 2 rings (SSSR count). The van der Waals surface area contributed by atoms with E-state index in [1.165, 1.54) is 16.0 Å². The maximum Gasteiger partial charge on any atom is 0.141 e. The van der Waals surface area contributed by atoms with Crippen molar-refractivity contribution in [2.45, 2.75) is 18.4 Å². The number of methoxy groups -OCH3 is 1. The minimum atomic E-state index is 0.800. The average Bonchev–Trinajstić information content (AvgIpc) is 2.46. The molecule has 3 heteroatoms. The number of aryl methyl sites for hydroxylation is 1. The van der Waals surface area contributed by atoms with E-state index in [9.17, 15) is 0 Å². The zero-order valence-electron chi connectivity index (χ0n) is 11.6. The van der Waals surface area contributed by atoms with Crippen molar-refractivity contribution in [2.75, 3.05) is 18.7 Å². The molecule has 0 heterocycles. The summed E-state index contributed by atoms with van der Waals surface area (Å²) >= 11 is 1.76. The highest BCUT2D eigenvalue weighted by Crippen LogP contribution is 2.26. The molecule has 0 spiro atoms. The summed E-state index contributed by atoms with van der Waals surface area (Å²) < 4.78 is 5.36. The van der Waals surface area contributed by atoms with Crippen LogP contribution >= 0.6 is 11.8 Å². The van der Waals surface area contributed by atoms with Crippen molar-refractivity contribution in [1.29, 1.82) is 0 Å². The number of anilines is 1. The second-order valence-corrected chi connectivity index (χ2v) is 5.29. The van der Waals surface area contributed by atoms with Gasteiger partial charge in [0.15, 0.2) is 0 Å². The Labute approximate surface area is 119 Å². The molecule has 0 bridgehead atoms. The molecule has 2 nitrogen and oxygen atoms in total. The maximum atomic E-state index is 5.36. The molecule has 0 unspecified atom stereocenters. The van der Waals surface area contributed by atoms with Crippen LogP contribution in [0.4, 0.5) is 5.69 Å². The van der Waals surface area contributed by atoms with E-state index in [2.05, 4.69) is 54.9 Å². The highest BCUT2D eigenvalue weighted by Gasteiger charge is 2.02. The van der Waals surface area contributed by atoms with Gasteiger partial charge >= 0.3 is 0 Å². The van der Waals surface area contributed by atoms with Crippen LogP contribution in [0.5, 0.6) is 5.75 Å². The number of ether oxygens (including phenoxy) is 1. The first-order valence-corrected chi connectivity index (χ1v) is 7.47. The van der Waals surface area contributed by atoms with Gasteiger partial charge in [0.05, 0.1) is 12.8 Å². The number of nitrogens with one attached hydrogen (secondary N) is 1. The Morgan fingerprint density at radius 1 is 1.11 bits per heavy atom. The predicted molar refractivity (Wildman–Crippen MR) is 83.3 cm³/mol. The van der Waals surface area contributed by atoms with E-state index in [1.807, 2.05) is 6.07 Å². The lowest BCUT2D eigenvalue weighted by atomic mass is 10.2. The summed E-state index contributed by atoms with van der Waals surface area (Å²) in [5.41, 5.74) is 3.53. The lowest BCUT2D eigenvalue weighted by Crippen LogP contribution is -2.01. The van der Waals surface area contributed by atoms with Gasteiger partial charge < -0.3 is 10.1 Å². The summed E-state index contributed by atoms with van der Waals surface area (Å²) in [7, 11) is 1.70. The molecule has 100 valence electrons. The molecule has 0 aliphatic carbocycles. The van der Waals surface area contributed by atoms with E-state index in [0.717, 1.165) is 18.0 Å². The Morgan fingerprint density at radius 2 is 1.84 bits per heavy atom. The van der Waals surface area contributed by atoms with Gasteiger partial charge in [-0.05, 0) is 48.6 Å². The van der Waals surface area contributed by atoms with Gasteiger partial charge in [-0.25, -0.2) is 0 Å². The summed E-state index contributed by atoms with van der Waals surface area (Å²) in [5.74, 6) is 0.881. The molecule has 0 aliphatic rings. The molecule has 0 aliphatic heterocycles. The van der Waals surface area contributed by atoms with Crippen molar-refractivity contribution in [3.8, 4) is 5.75 Å². The number of thioether (sulfide) groups is 1. The molecule has 2 aromatic rings. The predicted octanol–water partition coefficient (Wildman–Crippen LogP) is 4.34. The number of rotatable bonds is 5. The quantitative estimate of drug-likeness (QED) is 0.819. The van der Waals surface area contributed by atoms with Crippen molar-refractivity contribution < 1.29 is 4.74 Å². The van der Waals surface area contributed by atoms with Crippen LogP contribution in [0.25, 0.3) is 0 Å². The zero-order valence-corrected chi connectivity index (χ0v) is 12.4. The molecule has 0 saturated carbocycles. The van der Waals surface area contributed by atoms with Crippen LogP contribution in [0.1, 0.15) is 11.1 Å². The molecule has 0 amide bonds. The highest BCUT2D eigenvalue weighted by atomic mass is 32.2. The molecule has 0 saturated heterocycles. The molecule has 0 aromatic heterocycles. The lowest BCUT2D eigenvalue weighted by Gasteiger charge is -2.12. The van der Waals surface area contributed by atoms with Crippen LogP contribution in [-0.4, -0.2) is 13.4 Å². The average molecular weight is 273 g/mol. The second kappa shape index (κ2) is 6.53. The third-order valence-corrected chi connectivity index (χ3v) is 3.74. The molecule has 0 fully saturated rings. The molecular weight excluding hydrogens is 254 g/mol. The smallest absolute Gasteiger partial charge is 0.141 e. The molecule has 2 aromatic carbocycles. The fourth-order valence-corrected chi connectivity index (χ4v) is 2.31. The Bertz CT molecular complexity index is 537. The first-order valence-electron chi connectivity index (χ1n) is 6.24. The summed E-state index contributed by atoms with van der Waals surface area (Å²) in [5, 5.41) is 3.43. The number of benzene rings is 2. The Morgan fingerprint density at radius 3 is 2.47 bits per heavy atom. The third kappa shape index (κ3) is 3.67. The number of hydrogen-bond acceptors (Lipinski definition) is 3. The second-order valence-electron chi connectivity index (χ2n) is 4.41. The van der Waals surface area contributed by atoms with E-state index < -0.39 is 0 Å². The molecule has 0 radical (unpaired) electrons. The van der Waals surface area contributed by atoms with E-state index in [4.69, 9.17) is 4.74 Å². The Balaban J connectivity index is 2.07. The van der Waals surface area contributed by atoms with Crippen molar-refractivity contribution in [1.82, 2.24) is 0 Å². The van der Waals surface area contributed by atoms with Crippen LogP contribution in [0.15, 0.2) is 47.4 Å². The van der Waals surface area contributed by atoms with Gasteiger partial charge in [0, 0.05) is 11.4 Å². The standard InChI is InChI=1S/C16H19NOS/c1-12-4-9-16(18-2)15(10-12)17-11-13-5-7-14(19-3)8-6-13/h4-10,17H,11H2,1-3H3. The monoisotopic (exact) mass is 273 g/mol. The topological polar surface area (TPSA) is 21.3 Å². The van der Waals surface area contributed by atoms with E-state index >= 15 is 0 Å². The Hall–Kier alpha value is -1.61. The van der Waals surface area contributed by atoms with Crippen molar-refractivity contribution in [2.24, 2.45) is 0 Å². The minimum Gasteiger partial charge on any atom is -0.495 e. The number of hydrogen-bond donors (Lipinski definition) is 1. The lowest BCUT2D eigenvalue weighted by molar-refractivity contribution is 0.416. The first kappa shape index (κ1) is 13.8. The van der Waals surface area contributed by atoms with Crippen LogP contribution < -0.4 is 10.1 Å². The van der Waals surface area contributed by atoms with Gasteiger partial charge in [-0.15, -0.1) is 11.8 Å². The minimum absolute atomic E-state index is 0.800. The zero-order chi connectivity index (χ0) is 13.7. The van der Waals surface area contributed by atoms with Crippen LogP contribution in [-0.2, 0) is 6.54 Å². The summed E-state index contributed by atoms with van der Waals surface area (Å²) in [6.07, 6.45) is 2.09. The summed E-state index contributed by atoms with van der Waals surface area (Å²) in [4.78, 5) is 1.29. The van der Waals surface area contributed by atoms with Gasteiger partial charge in [-0.1, -0.05) is 18.2 Å². The maximum absolute atomic E-state index is 5.36. The molecule has 1 N–H and O–H groups in total. The first-order chi connectivity index (χ1) is 9.22. The van der Waals surface area contributed by atoms with E-state index in [0.29, 0.717) is 0 Å². The fraction of sp³-hybridized carbons (Fsp3) is 0.250. The third-order valence-electron chi connectivity index (χ3n) is 3.00. The normalized spacial score (nSPS) is 10.3. The van der Waals surface area contributed by atoms with Gasteiger partial charge in [0.1, 0.15) is 5.75 Å². The van der Waals surface area contributed by atoms with Crippen molar-refractivity contribution in [3.05, 3.63) is 53.6 Å². The van der Waals surface area contributed by atoms with E-state index in [-0.39, 0.29) is 0 Å². The van der Waals surface area contributed by atoms with Crippen LogP contribution in [0.3, 0.4) is 0 Å². The molecule has 19 heavy (non-hydrogen) atoms. The SMILES string of the molecule is COc1ccc(C)cc1NCc1ccc(SC)cc1. The molecule has 0 atom stereocenters. The highest BCUT2D eigenvalue weighted by molar-refractivity contribution is 7.98. The van der Waals surface area contributed by atoms with Crippen molar-refractivity contribution in [3.63, 3.8) is 0 Å².